The molecule has 0 fully saturated rings. The molecule has 0 aromatic heterocycles. The first-order valence-electron chi connectivity index (χ1n) is 7.16. The molecule has 0 aliphatic carbocycles. The molecule has 2 aromatic rings. The van der Waals surface area contributed by atoms with Gasteiger partial charge >= 0.3 is 0 Å². The van der Waals surface area contributed by atoms with Crippen molar-refractivity contribution in [2.45, 2.75) is 13.8 Å². The van der Waals surface area contributed by atoms with Crippen molar-refractivity contribution in [3.63, 3.8) is 0 Å². The maximum absolute atomic E-state index is 12.5. The van der Waals surface area contributed by atoms with Crippen LogP contribution in [0.5, 0.6) is 0 Å². The van der Waals surface area contributed by atoms with Crippen molar-refractivity contribution in [1.82, 2.24) is 0 Å². The smallest absolute Gasteiger partial charge is 0.246 e. The normalized spacial score (nSPS) is 10.1. The van der Waals surface area contributed by atoms with E-state index < -0.39 is 0 Å². The van der Waals surface area contributed by atoms with Crippen molar-refractivity contribution in [3.8, 4) is 0 Å². The van der Waals surface area contributed by atoms with E-state index in [1.165, 1.54) is 11.8 Å². The summed E-state index contributed by atoms with van der Waals surface area (Å²) >= 11 is 0. The predicted octanol–water partition coefficient (Wildman–Crippen LogP) is 3.01. The molecule has 0 radical (unpaired) electrons. The van der Waals surface area contributed by atoms with Crippen molar-refractivity contribution in [2.75, 3.05) is 23.4 Å². The van der Waals surface area contributed by atoms with Gasteiger partial charge in [-0.15, -0.1) is 0 Å². The highest BCUT2D eigenvalue weighted by atomic mass is 16.2. The van der Waals surface area contributed by atoms with E-state index in [-0.39, 0.29) is 18.4 Å². The lowest BCUT2D eigenvalue weighted by Gasteiger charge is -2.25. The maximum atomic E-state index is 12.5. The molecule has 0 unspecified atom stereocenters. The molecule has 0 heterocycles. The summed E-state index contributed by atoms with van der Waals surface area (Å²) in [6, 6.07) is 16.9. The fraction of sp³-hybridized carbons (Fsp3) is 0.222. The molecule has 22 heavy (non-hydrogen) atoms. The molecule has 0 bridgehead atoms. The van der Waals surface area contributed by atoms with Gasteiger partial charge in [0.2, 0.25) is 11.8 Å². The van der Waals surface area contributed by atoms with Crippen molar-refractivity contribution in [2.24, 2.45) is 0 Å². The van der Waals surface area contributed by atoms with Crippen LogP contribution in [-0.2, 0) is 9.59 Å². The van der Waals surface area contributed by atoms with E-state index in [2.05, 4.69) is 0 Å². The Morgan fingerprint density at radius 2 is 1.55 bits per heavy atom. The summed E-state index contributed by atoms with van der Waals surface area (Å²) in [5, 5.41) is 0. The minimum Gasteiger partial charge on any atom is -0.314 e. The second kappa shape index (κ2) is 6.89. The van der Waals surface area contributed by atoms with Crippen LogP contribution in [-0.4, -0.2) is 25.4 Å². The second-order valence-electron chi connectivity index (χ2n) is 5.18. The van der Waals surface area contributed by atoms with E-state index in [0.717, 1.165) is 16.9 Å². The summed E-state index contributed by atoms with van der Waals surface area (Å²) in [6.07, 6.45) is 0. The van der Waals surface area contributed by atoms with Gasteiger partial charge in [0.05, 0.1) is 0 Å². The molecular formula is C18H20N2O2. The Hall–Kier alpha value is -2.62. The molecular weight excluding hydrogens is 276 g/mol. The lowest BCUT2D eigenvalue weighted by molar-refractivity contribution is -0.121. The monoisotopic (exact) mass is 296 g/mol. The first kappa shape index (κ1) is 15.8. The van der Waals surface area contributed by atoms with E-state index in [9.17, 15) is 9.59 Å². The standard InChI is InChI=1S/C18H20N2O2/c1-14-9-7-8-12-17(14)20(15(2)21)13-18(22)19(3)16-10-5-4-6-11-16/h4-12H,13H2,1-3H3. The number of para-hydroxylation sites is 2. The van der Waals surface area contributed by atoms with Crippen molar-refractivity contribution in [3.05, 3.63) is 60.2 Å². The van der Waals surface area contributed by atoms with Crippen LogP contribution in [0.2, 0.25) is 0 Å². The van der Waals surface area contributed by atoms with E-state index in [1.54, 1.807) is 11.9 Å². The fourth-order valence-electron chi connectivity index (χ4n) is 2.27. The number of amides is 2. The minimum atomic E-state index is -0.149. The van der Waals surface area contributed by atoms with Crippen molar-refractivity contribution in [1.29, 1.82) is 0 Å². The Bertz CT molecular complexity index is 668. The number of rotatable bonds is 4. The molecule has 2 amide bonds. The zero-order chi connectivity index (χ0) is 16.1. The van der Waals surface area contributed by atoms with Crippen LogP contribution in [0.1, 0.15) is 12.5 Å². The number of nitrogens with zero attached hydrogens (tertiary/aromatic N) is 2. The zero-order valence-electron chi connectivity index (χ0n) is 13.1. The number of hydrogen-bond donors (Lipinski definition) is 0. The van der Waals surface area contributed by atoms with Crippen LogP contribution in [0.3, 0.4) is 0 Å². The van der Waals surface area contributed by atoms with E-state index >= 15 is 0 Å². The summed E-state index contributed by atoms with van der Waals surface area (Å²) in [4.78, 5) is 27.5. The molecule has 2 aromatic carbocycles. The molecule has 4 heteroatoms. The first-order valence-corrected chi connectivity index (χ1v) is 7.16. The molecule has 0 aliphatic rings. The highest BCUT2D eigenvalue weighted by Crippen LogP contribution is 2.20. The summed E-state index contributed by atoms with van der Waals surface area (Å²) in [7, 11) is 1.72. The summed E-state index contributed by atoms with van der Waals surface area (Å²) in [5.74, 6) is -0.284. The third-order valence-electron chi connectivity index (χ3n) is 3.60. The van der Waals surface area contributed by atoms with Crippen LogP contribution < -0.4 is 9.80 Å². The number of anilines is 2. The third-order valence-corrected chi connectivity index (χ3v) is 3.60. The van der Waals surface area contributed by atoms with Gasteiger partial charge in [-0.2, -0.15) is 0 Å². The van der Waals surface area contributed by atoms with Gasteiger partial charge in [0, 0.05) is 25.3 Å². The van der Waals surface area contributed by atoms with Gasteiger partial charge in [-0.25, -0.2) is 0 Å². The molecule has 114 valence electrons. The number of benzene rings is 2. The third kappa shape index (κ3) is 3.52. The Morgan fingerprint density at radius 1 is 0.955 bits per heavy atom. The van der Waals surface area contributed by atoms with E-state index in [0.29, 0.717) is 0 Å². The number of carbonyl (C=O) groups excluding carboxylic acids is 2. The van der Waals surface area contributed by atoms with Crippen molar-refractivity contribution >= 4 is 23.2 Å². The van der Waals surface area contributed by atoms with Gasteiger partial charge in [0.25, 0.3) is 0 Å². The Kier molecular flexibility index (Phi) is 4.94. The maximum Gasteiger partial charge on any atom is 0.246 e. The lowest BCUT2D eigenvalue weighted by Crippen LogP contribution is -2.41. The Balaban J connectivity index is 2.20. The highest BCUT2D eigenvalue weighted by Gasteiger charge is 2.20. The first-order chi connectivity index (χ1) is 10.5. The minimum absolute atomic E-state index is 0.0194. The highest BCUT2D eigenvalue weighted by molar-refractivity contribution is 6.03. The lowest BCUT2D eigenvalue weighted by atomic mass is 10.1. The predicted molar refractivity (Wildman–Crippen MR) is 89.1 cm³/mol. The summed E-state index contributed by atoms with van der Waals surface area (Å²) in [5.41, 5.74) is 2.54. The quantitative estimate of drug-likeness (QED) is 0.870. The van der Waals surface area contributed by atoms with Gasteiger partial charge in [0.15, 0.2) is 0 Å². The van der Waals surface area contributed by atoms with Crippen LogP contribution in [0.4, 0.5) is 11.4 Å². The Labute approximate surface area is 131 Å². The number of aryl methyl sites for hydroxylation is 1. The number of hydrogen-bond acceptors (Lipinski definition) is 2. The van der Waals surface area contributed by atoms with E-state index in [1.807, 2.05) is 61.5 Å². The molecule has 2 rings (SSSR count). The topological polar surface area (TPSA) is 40.6 Å². The molecule has 0 saturated carbocycles. The summed E-state index contributed by atoms with van der Waals surface area (Å²) < 4.78 is 0. The van der Waals surface area contributed by atoms with E-state index in [4.69, 9.17) is 0 Å². The van der Waals surface area contributed by atoms with Gasteiger partial charge in [-0.3, -0.25) is 9.59 Å². The largest absolute Gasteiger partial charge is 0.314 e. The second-order valence-corrected chi connectivity index (χ2v) is 5.18. The average Bonchev–Trinajstić information content (AvgIpc) is 2.53. The van der Waals surface area contributed by atoms with Gasteiger partial charge in [-0.1, -0.05) is 36.4 Å². The molecule has 4 nitrogen and oxygen atoms in total. The Morgan fingerprint density at radius 3 is 2.14 bits per heavy atom. The van der Waals surface area contributed by atoms with Crippen molar-refractivity contribution < 1.29 is 9.59 Å². The van der Waals surface area contributed by atoms with Gasteiger partial charge < -0.3 is 9.80 Å². The van der Waals surface area contributed by atoms with Crippen LogP contribution >= 0.6 is 0 Å². The molecule has 0 N–H and O–H groups in total. The molecule has 0 aliphatic heterocycles. The summed E-state index contributed by atoms with van der Waals surface area (Å²) in [6.45, 7) is 3.42. The van der Waals surface area contributed by atoms with Gasteiger partial charge in [-0.05, 0) is 30.7 Å². The number of likely N-dealkylation sites (N-methyl/N-ethyl adjacent to an activating group) is 1. The number of carbonyl (C=O) groups is 2. The van der Waals surface area contributed by atoms with Gasteiger partial charge in [0.1, 0.15) is 6.54 Å². The van der Waals surface area contributed by atoms with Crippen LogP contribution in [0, 0.1) is 6.92 Å². The molecule has 0 spiro atoms. The molecule has 0 saturated heterocycles. The average molecular weight is 296 g/mol. The van der Waals surface area contributed by atoms with Crippen LogP contribution in [0.15, 0.2) is 54.6 Å². The molecule has 0 atom stereocenters. The fourth-order valence-corrected chi connectivity index (χ4v) is 2.27. The van der Waals surface area contributed by atoms with Crippen LogP contribution in [0.25, 0.3) is 0 Å². The SMILES string of the molecule is CC(=O)N(CC(=O)N(C)c1ccccc1)c1ccccc1C. The zero-order valence-corrected chi connectivity index (χ0v) is 13.1.